The highest BCUT2D eigenvalue weighted by Crippen LogP contribution is 2.33. The van der Waals surface area contributed by atoms with Crippen LogP contribution in [-0.4, -0.2) is 7.05 Å². The molecule has 0 bridgehead atoms. The zero-order chi connectivity index (χ0) is 14.8. The smallest absolute Gasteiger partial charge is 0.312 e. The summed E-state index contributed by atoms with van der Waals surface area (Å²) in [5.41, 5.74) is 0.0644. The summed E-state index contributed by atoms with van der Waals surface area (Å²) in [4.78, 5) is 1.09. The summed E-state index contributed by atoms with van der Waals surface area (Å²) in [6.07, 6.45) is -3.78. The lowest BCUT2D eigenvalue weighted by Crippen LogP contribution is -2.18. The molecule has 0 fully saturated rings. The standard InChI is InChI=1S/C14H13BrF3NS/c1-19-12(13-11(15)5-6-20-13)8-9-3-2-4-10(7-9)14(16,17)18/h2-7,12,19H,8H2,1H3. The highest BCUT2D eigenvalue weighted by Gasteiger charge is 2.30. The van der Waals surface area contributed by atoms with Gasteiger partial charge in [-0.3, -0.25) is 0 Å². The molecule has 108 valence electrons. The van der Waals surface area contributed by atoms with Gasteiger partial charge in [0.1, 0.15) is 0 Å². The van der Waals surface area contributed by atoms with Crippen molar-refractivity contribution in [1.29, 1.82) is 0 Å². The number of benzene rings is 1. The Labute approximate surface area is 128 Å². The van der Waals surface area contributed by atoms with E-state index in [0.717, 1.165) is 15.4 Å². The van der Waals surface area contributed by atoms with Crippen LogP contribution in [0.3, 0.4) is 0 Å². The molecule has 2 aromatic rings. The molecule has 1 atom stereocenters. The van der Waals surface area contributed by atoms with Crippen molar-refractivity contribution in [3.05, 3.63) is 56.2 Å². The van der Waals surface area contributed by atoms with Crippen molar-refractivity contribution in [3.63, 3.8) is 0 Å². The third-order valence-electron chi connectivity index (χ3n) is 3.00. The SMILES string of the molecule is CNC(Cc1cccc(C(F)(F)F)c1)c1sccc1Br. The molecule has 0 saturated heterocycles. The lowest BCUT2D eigenvalue weighted by atomic mass is 10.0. The summed E-state index contributed by atoms with van der Waals surface area (Å²) in [6, 6.07) is 7.42. The van der Waals surface area contributed by atoms with Crippen LogP contribution in [0, 0.1) is 0 Å². The Bertz CT molecular complexity index is 580. The predicted molar refractivity (Wildman–Crippen MR) is 79.0 cm³/mol. The number of hydrogen-bond donors (Lipinski definition) is 1. The van der Waals surface area contributed by atoms with E-state index < -0.39 is 11.7 Å². The van der Waals surface area contributed by atoms with E-state index in [9.17, 15) is 13.2 Å². The minimum absolute atomic E-state index is 0.00661. The van der Waals surface area contributed by atoms with Crippen LogP contribution >= 0.6 is 27.3 Å². The fourth-order valence-electron chi connectivity index (χ4n) is 1.99. The molecule has 1 aromatic heterocycles. The van der Waals surface area contributed by atoms with Crippen LogP contribution in [-0.2, 0) is 12.6 Å². The highest BCUT2D eigenvalue weighted by atomic mass is 79.9. The second-order valence-corrected chi connectivity index (χ2v) is 6.18. The Morgan fingerprint density at radius 3 is 2.60 bits per heavy atom. The van der Waals surface area contributed by atoms with Gasteiger partial charge in [0.25, 0.3) is 0 Å². The first-order valence-electron chi connectivity index (χ1n) is 5.98. The van der Waals surface area contributed by atoms with Gasteiger partial charge < -0.3 is 5.32 Å². The Hall–Kier alpha value is -0.850. The number of thiophene rings is 1. The van der Waals surface area contributed by atoms with Gasteiger partial charge in [0, 0.05) is 15.4 Å². The second kappa shape index (κ2) is 6.28. The maximum Gasteiger partial charge on any atom is 0.416 e. The average Bonchev–Trinajstić information content (AvgIpc) is 2.81. The number of halogens is 4. The Morgan fingerprint density at radius 2 is 2.05 bits per heavy atom. The molecule has 20 heavy (non-hydrogen) atoms. The molecule has 0 aliphatic carbocycles. The van der Waals surface area contributed by atoms with Gasteiger partial charge in [0.05, 0.1) is 5.56 Å². The van der Waals surface area contributed by atoms with Gasteiger partial charge in [-0.05, 0) is 52.5 Å². The molecule has 0 spiro atoms. The zero-order valence-corrected chi connectivity index (χ0v) is 13.1. The summed E-state index contributed by atoms with van der Waals surface area (Å²) < 4.78 is 39.1. The fourth-order valence-corrected chi connectivity index (χ4v) is 3.75. The van der Waals surface area contributed by atoms with Gasteiger partial charge in [-0.15, -0.1) is 11.3 Å². The number of alkyl halides is 3. The number of likely N-dealkylation sites (N-methyl/N-ethyl adjacent to an activating group) is 1. The van der Waals surface area contributed by atoms with E-state index in [1.165, 1.54) is 12.1 Å². The van der Waals surface area contributed by atoms with Crippen molar-refractivity contribution < 1.29 is 13.2 Å². The first kappa shape index (κ1) is 15.5. The molecule has 1 heterocycles. The van der Waals surface area contributed by atoms with Gasteiger partial charge >= 0.3 is 6.18 Å². The maximum absolute atomic E-state index is 12.7. The van der Waals surface area contributed by atoms with Crippen LogP contribution in [0.15, 0.2) is 40.2 Å². The molecule has 1 unspecified atom stereocenters. The molecule has 0 saturated carbocycles. The summed E-state index contributed by atoms with van der Waals surface area (Å²) in [7, 11) is 1.81. The van der Waals surface area contributed by atoms with Crippen molar-refractivity contribution in [3.8, 4) is 0 Å². The Balaban J connectivity index is 2.23. The second-order valence-electron chi connectivity index (χ2n) is 4.38. The van der Waals surface area contributed by atoms with Gasteiger partial charge in [-0.1, -0.05) is 18.2 Å². The average molecular weight is 364 g/mol. The quantitative estimate of drug-likeness (QED) is 0.802. The van der Waals surface area contributed by atoms with Crippen LogP contribution in [0.25, 0.3) is 0 Å². The van der Waals surface area contributed by atoms with E-state index in [2.05, 4.69) is 21.2 Å². The molecule has 6 heteroatoms. The fraction of sp³-hybridized carbons (Fsp3) is 0.286. The molecule has 0 aliphatic heterocycles. The van der Waals surface area contributed by atoms with Crippen molar-refractivity contribution in [1.82, 2.24) is 5.32 Å². The molecule has 1 aromatic carbocycles. The number of nitrogens with one attached hydrogen (secondary N) is 1. The molecule has 0 amide bonds. The zero-order valence-electron chi connectivity index (χ0n) is 10.7. The van der Waals surface area contributed by atoms with E-state index in [0.29, 0.717) is 12.0 Å². The van der Waals surface area contributed by atoms with Crippen molar-refractivity contribution in [2.75, 3.05) is 7.05 Å². The lowest BCUT2D eigenvalue weighted by Gasteiger charge is -2.16. The van der Waals surface area contributed by atoms with Crippen LogP contribution in [0.4, 0.5) is 13.2 Å². The third kappa shape index (κ3) is 3.62. The molecular weight excluding hydrogens is 351 g/mol. The summed E-state index contributed by atoms with van der Waals surface area (Å²) in [5, 5.41) is 5.11. The van der Waals surface area contributed by atoms with Crippen molar-refractivity contribution in [2.24, 2.45) is 0 Å². The van der Waals surface area contributed by atoms with Crippen LogP contribution in [0.2, 0.25) is 0 Å². The highest BCUT2D eigenvalue weighted by molar-refractivity contribution is 9.10. The molecule has 1 nitrogen and oxygen atoms in total. The molecule has 0 radical (unpaired) electrons. The van der Waals surface area contributed by atoms with E-state index >= 15 is 0 Å². The van der Waals surface area contributed by atoms with Crippen LogP contribution in [0.5, 0.6) is 0 Å². The lowest BCUT2D eigenvalue weighted by molar-refractivity contribution is -0.137. The molecule has 2 rings (SSSR count). The first-order valence-corrected chi connectivity index (χ1v) is 7.65. The van der Waals surface area contributed by atoms with Crippen LogP contribution < -0.4 is 5.32 Å². The van der Waals surface area contributed by atoms with E-state index in [-0.39, 0.29) is 6.04 Å². The van der Waals surface area contributed by atoms with Crippen molar-refractivity contribution >= 4 is 27.3 Å². The molecule has 1 N–H and O–H groups in total. The van der Waals surface area contributed by atoms with Crippen molar-refractivity contribution in [2.45, 2.75) is 18.6 Å². The third-order valence-corrected chi connectivity index (χ3v) is 4.99. The number of rotatable bonds is 4. The number of hydrogen-bond acceptors (Lipinski definition) is 2. The monoisotopic (exact) mass is 363 g/mol. The molecule has 0 aliphatic rings. The minimum Gasteiger partial charge on any atom is -0.312 e. The first-order chi connectivity index (χ1) is 9.41. The van der Waals surface area contributed by atoms with Gasteiger partial charge in [0.15, 0.2) is 0 Å². The summed E-state index contributed by atoms with van der Waals surface area (Å²) >= 11 is 5.04. The van der Waals surface area contributed by atoms with E-state index in [4.69, 9.17) is 0 Å². The predicted octanol–water partition coefficient (Wildman–Crippen LogP) is 5.03. The minimum atomic E-state index is -4.30. The Kier molecular flexibility index (Phi) is 4.88. The van der Waals surface area contributed by atoms with E-state index in [1.807, 2.05) is 18.5 Å². The topological polar surface area (TPSA) is 12.0 Å². The molecular formula is C14H13BrF3NS. The van der Waals surface area contributed by atoms with Gasteiger partial charge in [0.2, 0.25) is 0 Å². The summed E-state index contributed by atoms with van der Waals surface area (Å²) in [5.74, 6) is 0. The van der Waals surface area contributed by atoms with Gasteiger partial charge in [-0.2, -0.15) is 13.2 Å². The normalized spacial score (nSPS) is 13.4. The largest absolute Gasteiger partial charge is 0.416 e. The van der Waals surface area contributed by atoms with Crippen LogP contribution in [0.1, 0.15) is 22.0 Å². The Morgan fingerprint density at radius 1 is 1.30 bits per heavy atom. The van der Waals surface area contributed by atoms with Gasteiger partial charge in [-0.25, -0.2) is 0 Å². The maximum atomic E-state index is 12.7. The summed E-state index contributed by atoms with van der Waals surface area (Å²) in [6.45, 7) is 0. The van der Waals surface area contributed by atoms with E-state index in [1.54, 1.807) is 17.4 Å².